The van der Waals surface area contributed by atoms with E-state index in [2.05, 4.69) is 20.8 Å². The molecule has 8 heteroatoms. The van der Waals surface area contributed by atoms with Gasteiger partial charge in [-0.15, -0.1) is 10.2 Å². The number of nitrogens with zero attached hydrogens (tertiary/aromatic N) is 2. The Morgan fingerprint density at radius 1 is 0.931 bits per heavy atom. The summed E-state index contributed by atoms with van der Waals surface area (Å²) < 4.78 is 10.4. The highest BCUT2D eigenvalue weighted by Crippen LogP contribution is 2.29. The molecule has 8 nitrogen and oxygen atoms in total. The third kappa shape index (κ3) is 4.86. The van der Waals surface area contributed by atoms with Crippen LogP contribution in [0.3, 0.4) is 0 Å². The largest absolute Gasteiger partial charge is 0.497 e. The molecule has 148 valence electrons. The molecule has 1 aromatic heterocycles. The quantitative estimate of drug-likeness (QED) is 0.591. The molecule has 0 saturated carbocycles. The highest BCUT2D eigenvalue weighted by atomic mass is 16.5. The van der Waals surface area contributed by atoms with E-state index >= 15 is 0 Å². The highest BCUT2D eigenvalue weighted by molar-refractivity contribution is 6.03. The van der Waals surface area contributed by atoms with Gasteiger partial charge in [-0.25, -0.2) is 0 Å². The molecule has 3 rings (SSSR count). The second-order valence-corrected chi connectivity index (χ2v) is 6.09. The second kappa shape index (κ2) is 8.83. The van der Waals surface area contributed by atoms with Crippen LogP contribution in [-0.4, -0.2) is 36.1 Å². The first-order chi connectivity index (χ1) is 14.0. The van der Waals surface area contributed by atoms with Gasteiger partial charge in [-0.1, -0.05) is 12.1 Å². The van der Waals surface area contributed by atoms with Gasteiger partial charge in [0.15, 0.2) is 17.3 Å². The molecule has 0 aliphatic heterocycles. The first kappa shape index (κ1) is 19.8. The topological polar surface area (TPSA) is 102 Å². The Bertz CT molecular complexity index is 1040. The summed E-state index contributed by atoms with van der Waals surface area (Å²) in [6.45, 7) is 1.50. The van der Waals surface area contributed by atoms with Crippen LogP contribution in [0.4, 0.5) is 17.2 Å². The smallest absolute Gasteiger partial charge is 0.276 e. The minimum Gasteiger partial charge on any atom is -0.497 e. The molecular formula is C21H20N4O4. The highest BCUT2D eigenvalue weighted by Gasteiger charge is 2.13. The van der Waals surface area contributed by atoms with Crippen LogP contribution in [0.1, 0.15) is 27.8 Å². The Kier molecular flexibility index (Phi) is 6.03. The van der Waals surface area contributed by atoms with Gasteiger partial charge in [-0.05, 0) is 43.3 Å². The zero-order valence-electron chi connectivity index (χ0n) is 16.2. The summed E-state index contributed by atoms with van der Waals surface area (Å²) in [4.78, 5) is 24.0. The number of hydrogen-bond acceptors (Lipinski definition) is 7. The van der Waals surface area contributed by atoms with Crippen molar-refractivity contribution in [3.05, 3.63) is 65.9 Å². The summed E-state index contributed by atoms with van der Waals surface area (Å²) in [5.41, 5.74) is 1.92. The van der Waals surface area contributed by atoms with Gasteiger partial charge >= 0.3 is 0 Å². The number of ether oxygens (including phenoxy) is 2. The number of carbonyl (C=O) groups is 2. The fourth-order valence-electron chi connectivity index (χ4n) is 2.57. The maximum atomic E-state index is 12.5. The Morgan fingerprint density at radius 2 is 1.76 bits per heavy atom. The van der Waals surface area contributed by atoms with E-state index in [1.807, 2.05) is 6.07 Å². The lowest BCUT2D eigenvalue weighted by atomic mass is 10.1. The fourth-order valence-corrected chi connectivity index (χ4v) is 2.57. The molecule has 0 unspecified atom stereocenters. The van der Waals surface area contributed by atoms with Gasteiger partial charge in [0, 0.05) is 17.3 Å². The Morgan fingerprint density at radius 3 is 2.41 bits per heavy atom. The van der Waals surface area contributed by atoms with Crippen molar-refractivity contribution in [3.63, 3.8) is 0 Å². The lowest BCUT2D eigenvalue weighted by Gasteiger charge is -2.11. The van der Waals surface area contributed by atoms with Crippen LogP contribution in [0, 0.1) is 0 Å². The second-order valence-electron chi connectivity index (χ2n) is 6.09. The SMILES string of the molecule is COc1ccc(NC(=O)c2ccc(Nc3cccc(C(C)=O)c3)nn2)c(OC)c1. The van der Waals surface area contributed by atoms with E-state index in [-0.39, 0.29) is 11.5 Å². The number of anilines is 3. The van der Waals surface area contributed by atoms with Crippen LogP contribution in [0.5, 0.6) is 11.5 Å². The number of benzene rings is 2. The standard InChI is InChI=1S/C21H20N4O4/c1-13(26)14-5-4-6-15(11-14)22-20-10-9-18(24-25-20)21(27)23-17-8-7-16(28-2)12-19(17)29-3/h4-12H,1-3H3,(H,22,25)(H,23,27). The van der Waals surface area contributed by atoms with E-state index < -0.39 is 5.91 Å². The van der Waals surface area contributed by atoms with Crippen LogP contribution >= 0.6 is 0 Å². The van der Waals surface area contributed by atoms with Crippen molar-refractivity contribution in [1.82, 2.24) is 10.2 Å². The summed E-state index contributed by atoms with van der Waals surface area (Å²) in [6, 6.07) is 15.3. The monoisotopic (exact) mass is 392 g/mol. The molecule has 2 aromatic carbocycles. The first-order valence-electron chi connectivity index (χ1n) is 8.75. The van der Waals surface area contributed by atoms with Gasteiger partial charge in [-0.2, -0.15) is 0 Å². The molecule has 1 amide bonds. The first-order valence-corrected chi connectivity index (χ1v) is 8.75. The van der Waals surface area contributed by atoms with E-state index in [4.69, 9.17) is 9.47 Å². The van der Waals surface area contributed by atoms with Crippen molar-refractivity contribution in [2.45, 2.75) is 6.92 Å². The van der Waals surface area contributed by atoms with Crippen LogP contribution < -0.4 is 20.1 Å². The molecule has 3 aromatic rings. The van der Waals surface area contributed by atoms with E-state index in [1.54, 1.807) is 55.6 Å². The number of amides is 1. The minimum absolute atomic E-state index is 0.0271. The molecule has 0 aliphatic rings. The molecule has 0 saturated heterocycles. The summed E-state index contributed by atoms with van der Waals surface area (Å²) in [5, 5.41) is 13.8. The number of hydrogen-bond donors (Lipinski definition) is 2. The van der Waals surface area contributed by atoms with Gasteiger partial charge in [-0.3, -0.25) is 9.59 Å². The Labute approximate surface area is 167 Å². The normalized spacial score (nSPS) is 10.2. The zero-order chi connectivity index (χ0) is 20.8. The minimum atomic E-state index is -0.425. The summed E-state index contributed by atoms with van der Waals surface area (Å²) >= 11 is 0. The number of rotatable bonds is 7. The van der Waals surface area contributed by atoms with Crippen LogP contribution in [0.15, 0.2) is 54.6 Å². The zero-order valence-corrected chi connectivity index (χ0v) is 16.2. The van der Waals surface area contributed by atoms with Crippen molar-refractivity contribution in [2.24, 2.45) is 0 Å². The van der Waals surface area contributed by atoms with Crippen molar-refractivity contribution >= 4 is 28.9 Å². The van der Waals surface area contributed by atoms with E-state index in [1.165, 1.54) is 14.0 Å². The van der Waals surface area contributed by atoms with Gasteiger partial charge in [0.1, 0.15) is 11.5 Å². The maximum absolute atomic E-state index is 12.5. The van der Waals surface area contributed by atoms with Crippen molar-refractivity contribution in [1.29, 1.82) is 0 Å². The molecule has 2 N–H and O–H groups in total. The fraction of sp³-hybridized carbons (Fsp3) is 0.143. The Balaban J connectivity index is 1.71. The molecule has 0 bridgehead atoms. The Hall–Kier alpha value is -3.94. The van der Waals surface area contributed by atoms with E-state index in [0.717, 1.165) is 0 Å². The maximum Gasteiger partial charge on any atom is 0.276 e. The van der Waals surface area contributed by atoms with Crippen molar-refractivity contribution in [2.75, 3.05) is 24.9 Å². The predicted molar refractivity (Wildman–Crippen MR) is 109 cm³/mol. The number of aromatic nitrogens is 2. The van der Waals surface area contributed by atoms with Gasteiger partial charge in [0.2, 0.25) is 0 Å². The number of Topliss-reactive ketones (excluding diaryl/α,β-unsaturated/α-hetero) is 1. The molecule has 0 aliphatic carbocycles. The molecule has 0 radical (unpaired) electrons. The van der Waals surface area contributed by atoms with Crippen LogP contribution in [-0.2, 0) is 0 Å². The predicted octanol–water partition coefficient (Wildman–Crippen LogP) is 3.69. The third-order valence-corrected chi connectivity index (χ3v) is 4.10. The molecular weight excluding hydrogens is 372 g/mol. The van der Waals surface area contributed by atoms with Crippen LogP contribution in [0.2, 0.25) is 0 Å². The number of ketones is 1. The number of methoxy groups -OCH3 is 2. The number of nitrogens with one attached hydrogen (secondary N) is 2. The molecule has 0 fully saturated rings. The van der Waals surface area contributed by atoms with Crippen molar-refractivity contribution in [3.8, 4) is 11.5 Å². The summed E-state index contributed by atoms with van der Waals surface area (Å²) in [7, 11) is 3.06. The third-order valence-electron chi connectivity index (χ3n) is 4.10. The lowest BCUT2D eigenvalue weighted by Crippen LogP contribution is -2.15. The lowest BCUT2D eigenvalue weighted by molar-refractivity contribution is 0.101. The van der Waals surface area contributed by atoms with Gasteiger partial charge in [0.05, 0.1) is 19.9 Å². The van der Waals surface area contributed by atoms with E-state index in [9.17, 15) is 9.59 Å². The van der Waals surface area contributed by atoms with Crippen molar-refractivity contribution < 1.29 is 19.1 Å². The van der Waals surface area contributed by atoms with Gasteiger partial charge < -0.3 is 20.1 Å². The molecule has 0 spiro atoms. The average Bonchev–Trinajstić information content (AvgIpc) is 2.74. The summed E-state index contributed by atoms with van der Waals surface area (Å²) in [6.07, 6.45) is 0. The van der Waals surface area contributed by atoms with Gasteiger partial charge in [0.25, 0.3) is 5.91 Å². The van der Waals surface area contributed by atoms with Crippen LogP contribution in [0.25, 0.3) is 0 Å². The molecule has 1 heterocycles. The molecule has 29 heavy (non-hydrogen) atoms. The van der Waals surface area contributed by atoms with E-state index in [0.29, 0.717) is 34.3 Å². The number of carbonyl (C=O) groups excluding carboxylic acids is 2. The average molecular weight is 392 g/mol. The summed E-state index contributed by atoms with van der Waals surface area (Å²) in [5.74, 6) is 1.08. The molecule has 0 atom stereocenters.